The van der Waals surface area contributed by atoms with Gasteiger partial charge in [0.1, 0.15) is 5.82 Å². The molecule has 1 saturated heterocycles. The number of amides is 1. The maximum absolute atomic E-state index is 13.9. The first-order valence-electron chi connectivity index (χ1n) is 7.37. The number of benzene rings is 1. The van der Waals surface area contributed by atoms with Crippen molar-refractivity contribution >= 4 is 5.91 Å². The monoisotopic (exact) mass is 276 g/mol. The smallest absolute Gasteiger partial charge is 0.230 e. The molecule has 0 aromatic heterocycles. The van der Waals surface area contributed by atoms with Crippen LogP contribution in [-0.4, -0.2) is 37.0 Å². The van der Waals surface area contributed by atoms with Gasteiger partial charge in [0.25, 0.3) is 0 Å². The fourth-order valence-electron chi connectivity index (χ4n) is 3.21. The summed E-state index contributed by atoms with van der Waals surface area (Å²) in [6.07, 6.45) is 3.82. The van der Waals surface area contributed by atoms with Crippen molar-refractivity contribution in [2.75, 3.05) is 20.1 Å². The van der Waals surface area contributed by atoms with Crippen LogP contribution in [-0.2, 0) is 10.2 Å². The van der Waals surface area contributed by atoms with E-state index in [1.165, 1.54) is 12.5 Å². The minimum atomic E-state index is -0.609. The van der Waals surface area contributed by atoms with E-state index in [0.717, 1.165) is 25.8 Å². The zero-order valence-corrected chi connectivity index (χ0v) is 11.9. The van der Waals surface area contributed by atoms with Crippen LogP contribution in [0.3, 0.4) is 0 Å². The lowest BCUT2D eigenvalue weighted by atomic mass is 9.94. The molecule has 3 nitrogen and oxygen atoms in total. The first-order valence-corrected chi connectivity index (χ1v) is 7.37. The van der Waals surface area contributed by atoms with Crippen LogP contribution in [0.5, 0.6) is 0 Å². The number of hydrogen-bond acceptors (Lipinski definition) is 2. The highest BCUT2D eigenvalue weighted by Gasteiger charge is 2.52. The fraction of sp³-hybridized carbons (Fsp3) is 0.562. The molecular formula is C16H21FN2O. The van der Waals surface area contributed by atoms with Crippen molar-refractivity contribution in [2.24, 2.45) is 0 Å². The Morgan fingerprint density at radius 3 is 2.80 bits per heavy atom. The topological polar surface area (TPSA) is 32.3 Å². The van der Waals surface area contributed by atoms with E-state index >= 15 is 0 Å². The van der Waals surface area contributed by atoms with Gasteiger partial charge < -0.3 is 10.2 Å². The summed E-state index contributed by atoms with van der Waals surface area (Å²) < 4.78 is 13.9. The van der Waals surface area contributed by atoms with E-state index in [-0.39, 0.29) is 11.7 Å². The van der Waals surface area contributed by atoms with E-state index in [1.54, 1.807) is 18.2 Å². The molecule has 1 amide bonds. The first kappa shape index (κ1) is 13.6. The number of carbonyl (C=O) groups excluding carboxylic acids is 1. The molecule has 1 aliphatic carbocycles. The molecule has 1 aliphatic heterocycles. The average Bonchev–Trinajstić information content (AvgIpc) is 3.15. The molecule has 1 aromatic carbocycles. The lowest BCUT2D eigenvalue weighted by Gasteiger charge is -2.22. The Bertz CT molecular complexity index is 513. The highest BCUT2D eigenvalue weighted by Crippen LogP contribution is 2.49. The van der Waals surface area contributed by atoms with Crippen LogP contribution < -0.4 is 5.32 Å². The summed E-state index contributed by atoms with van der Waals surface area (Å²) in [5, 5.41) is 3.04. The summed E-state index contributed by atoms with van der Waals surface area (Å²) in [6, 6.07) is 7.07. The van der Waals surface area contributed by atoms with E-state index in [9.17, 15) is 9.18 Å². The SMILES string of the molecule is CN1CCCC1CNC(=O)C1(c2ccccc2F)CC1. The second-order valence-corrected chi connectivity index (χ2v) is 6.05. The van der Waals surface area contributed by atoms with Crippen LogP contribution in [0.1, 0.15) is 31.2 Å². The first-order chi connectivity index (χ1) is 9.63. The molecular weight excluding hydrogens is 255 g/mol. The number of halogens is 1. The summed E-state index contributed by atoms with van der Waals surface area (Å²) in [5.41, 5.74) is -0.0556. The fourth-order valence-corrected chi connectivity index (χ4v) is 3.21. The van der Waals surface area contributed by atoms with Crippen LogP contribution >= 0.6 is 0 Å². The molecule has 1 unspecified atom stereocenters. The average molecular weight is 276 g/mol. The highest BCUT2D eigenvalue weighted by molar-refractivity contribution is 5.91. The number of rotatable bonds is 4. The largest absolute Gasteiger partial charge is 0.354 e. The van der Waals surface area contributed by atoms with Gasteiger partial charge in [-0.15, -0.1) is 0 Å². The Morgan fingerprint density at radius 2 is 2.20 bits per heavy atom. The van der Waals surface area contributed by atoms with Crippen LogP contribution in [0.25, 0.3) is 0 Å². The van der Waals surface area contributed by atoms with Gasteiger partial charge in [-0.1, -0.05) is 18.2 Å². The minimum absolute atomic E-state index is 0.0112. The zero-order chi connectivity index (χ0) is 14.2. The van der Waals surface area contributed by atoms with Crippen molar-refractivity contribution in [1.82, 2.24) is 10.2 Å². The summed E-state index contributed by atoms with van der Waals surface area (Å²) in [5.74, 6) is -0.277. The number of hydrogen-bond donors (Lipinski definition) is 1. The summed E-state index contributed by atoms with van der Waals surface area (Å²) >= 11 is 0. The van der Waals surface area contributed by atoms with Crippen LogP contribution in [0.2, 0.25) is 0 Å². The van der Waals surface area contributed by atoms with Gasteiger partial charge in [0.2, 0.25) is 5.91 Å². The van der Waals surface area contributed by atoms with E-state index in [1.807, 2.05) is 0 Å². The molecule has 0 spiro atoms. The standard InChI is InChI=1S/C16H21FN2O/c1-19-10-4-5-12(19)11-18-15(20)16(8-9-16)13-6-2-3-7-14(13)17/h2-3,6-7,12H,4-5,8-11H2,1H3,(H,18,20). The Kier molecular flexibility index (Phi) is 3.50. The number of nitrogens with one attached hydrogen (secondary N) is 1. The number of carbonyl (C=O) groups is 1. The van der Waals surface area contributed by atoms with E-state index in [4.69, 9.17) is 0 Å². The second-order valence-electron chi connectivity index (χ2n) is 6.05. The summed E-state index contributed by atoms with van der Waals surface area (Å²) in [4.78, 5) is 14.7. The number of nitrogens with zero attached hydrogens (tertiary/aromatic N) is 1. The van der Waals surface area contributed by atoms with Gasteiger partial charge >= 0.3 is 0 Å². The van der Waals surface area contributed by atoms with Crippen LogP contribution in [0.15, 0.2) is 24.3 Å². The van der Waals surface area contributed by atoms with Crippen LogP contribution in [0.4, 0.5) is 4.39 Å². The molecule has 1 N–H and O–H groups in total. The molecule has 1 aromatic rings. The molecule has 2 fully saturated rings. The highest BCUT2D eigenvalue weighted by atomic mass is 19.1. The molecule has 0 bridgehead atoms. The third-order valence-corrected chi connectivity index (χ3v) is 4.74. The molecule has 1 heterocycles. The zero-order valence-electron chi connectivity index (χ0n) is 11.9. The van der Waals surface area contributed by atoms with Gasteiger partial charge in [-0.2, -0.15) is 0 Å². The number of likely N-dealkylation sites (N-methyl/N-ethyl adjacent to an activating group) is 1. The Hall–Kier alpha value is -1.42. The third-order valence-electron chi connectivity index (χ3n) is 4.74. The molecule has 2 aliphatic rings. The molecule has 1 saturated carbocycles. The summed E-state index contributed by atoms with van der Waals surface area (Å²) in [7, 11) is 2.09. The van der Waals surface area contributed by atoms with Crippen molar-refractivity contribution in [3.05, 3.63) is 35.6 Å². The maximum Gasteiger partial charge on any atom is 0.230 e. The Balaban J connectivity index is 1.66. The van der Waals surface area contributed by atoms with Crippen molar-refractivity contribution in [3.8, 4) is 0 Å². The maximum atomic E-state index is 13.9. The van der Waals surface area contributed by atoms with Crippen molar-refractivity contribution < 1.29 is 9.18 Å². The Morgan fingerprint density at radius 1 is 1.45 bits per heavy atom. The van der Waals surface area contributed by atoms with Gasteiger partial charge in [0, 0.05) is 18.2 Å². The van der Waals surface area contributed by atoms with Crippen molar-refractivity contribution in [1.29, 1.82) is 0 Å². The third kappa shape index (κ3) is 2.33. The van der Waals surface area contributed by atoms with Gasteiger partial charge in [0.15, 0.2) is 0 Å². The van der Waals surface area contributed by atoms with Crippen LogP contribution in [0, 0.1) is 5.82 Å². The lowest BCUT2D eigenvalue weighted by Crippen LogP contribution is -2.42. The van der Waals surface area contributed by atoms with E-state index in [0.29, 0.717) is 18.2 Å². The predicted octanol–water partition coefficient (Wildman–Crippen LogP) is 2.07. The molecule has 3 rings (SSSR count). The second kappa shape index (κ2) is 5.17. The molecule has 4 heteroatoms. The normalized spacial score (nSPS) is 24.6. The van der Waals surface area contributed by atoms with Gasteiger partial charge in [-0.05, 0) is 45.3 Å². The van der Waals surface area contributed by atoms with Gasteiger partial charge in [0.05, 0.1) is 5.41 Å². The number of likely N-dealkylation sites (tertiary alicyclic amines) is 1. The molecule has 1 atom stereocenters. The lowest BCUT2D eigenvalue weighted by molar-refractivity contribution is -0.123. The van der Waals surface area contributed by atoms with Crippen molar-refractivity contribution in [2.45, 2.75) is 37.1 Å². The van der Waals surface area contributed by atoms with Gasteiger partial charge in [-0.25, -0.2) is 4.39 Å². The van der Waals surface area contributed by atoms with E-state index in [2.05, 4.69) is 17.3 Å². The molecule has 108 valence electrons. The predicted molar refractivity (Wildman–Crippen MR) is 76.0 cm³/mol. The Labute approximate surface area is 119 Å². The van der Waals surface area contributed by atoms with Crippen molar-refractivity contribution in [3.63, 3.8) is 0 Å². The minimum Gasteiger partial charge on any atom is -0.354 e. The molecule has 0 radical (unpaired) electrons. The van der Waals surface area contributed by atoms with Gasteiger partial charge in [-0.3, -0.25) is 4.79 Å². The quantitative estimate of drug-likeness (QED) is 0.913. The summed E-state index contributed by atoms with van der Waals surface area (Å²) in [6.45, 7) is 1.77. The van der Waals surface area contributed by atoms with E-state index < -0.39 is 5.41 Å². The molecule has 20 heavy (non-hydrogen) atoms.